The van der Waals surface area contributed by atoms with Gasteiger partial charge in [0.1, 0.15) is 13.2 Å². The second-order valence-corrected chi connectivity index (χ2v) is 8.87. The van der Waals surface area contributed by atoms with Crippen LogP contribution < -0.4 is 19.5 Å². The van der Waals surface area contributed by atoms with Gasteiger partial charge in [0.25, 0.3) is 0 Å². The van der Waals surface area contributed by atoms with Gasteiger partial charge in [0.15, 0.2) is 11.5 Å². The maximum atomic E-state index is 12.7. The molecule has 1 fully saturated rings. The molecular formula is C20H19BrN2O3S. The van der Waals surface area contributed by atoms with Crippen LogP contribution in [0.4, 0.5) is 11.4 Å². The molecule has 1 aliphatic carbocycles. The molecule has 2 aromatic rings. The zero-order valence-electron chi connectivity index (χ0n) is 14.6. The number of carbonyl (C=O) groups excluding carboxylic acids is 1. The van der Waals surface area contributed by atoms with E-state index in [2.05, 4.69) is 32.0 Å². The molecule has 1 saturated carbocycles. The summed E-state index contributed by atoms with van der Waals surface area (Å²) in [5, 5.41) is 3.08. The predicted octanol–water partition coefficient (Wildman–Crippen LogP) is 5.10. The van der Waals surface area contributed by atoms with E-state index in [0.717, 1.165) is 63.5 Å². The number of rotatable bonds is 3. The Morgan fingerprint density at radius 3 is 2.67 bits per heavy atom. The summed E-state index contributed by atoms with van der Waals surface area (Å²) in [6.07, 6.45) is 4.07. The van der Waals surface area contributed by atoms with Crippen LogP contribution >= 0.6 is 27.9 Å². The first-order valence-corrected chi connectivity index (χ1v) is 10.7. The largest absolute Gasteiger partial charge is 0.486 e. The first-order chi connectivity index (χ1) is 13.2. The predicted molar refractivity (Wildman–Crippen MR) is 110 cm³/mol. The smallest absolute Gasteiger partial charge is 0.235 e. The van der Waals surface area contributed by atoms with Crippen LogP contribution in [0.25, 0.3) is 0 Å². The van der Waals surface area contributed by atoms with Crippen LogP contribution in [-0.4, -0.2) is 19.1 Å². The zero-order chi connectivity index (χ0) is 18.4. The van der Waals surface area contributed by atoms with E-state index in [-0.39, 0.29) is 11.3 Å². The van der Waals surface area contributed by atoms with Crippen LogP contribution in [0.3, 0.4) is 0 Å². The Hall–Kier alpha value is -1.86. The Kier molecular flexibility index (Phi) is 4.24. The van der Waals surface area contributed by atoms with Crippen molar-refractivity contribution >= 4 is 45.2 Å². The third-order valence-electron chi connectivity index (χ3n) is 5.54. The second kappa shape index (κ2) is 6.63. The minimum Gasteiger partial charge on any atom is -0.486 e. The summed E-state index contributed by atoms with van der Waals surface area (Å²) in [4.78, 5) is 13.7. The Morgan fingerprint density at radius 2 is 1.85 bits per heavy atom. The molecule has 0 atom stereocenters. The van der Waals surface area contributed by atoms with Crippen molar-refractivity contribution in [2.45, 2.75) is 36.0 Å². The minimum absolute atomic E-state index is 0.146. The Bertz CT molecular complexity index is 928. The fourth-order valence-electron chi connectivity index (χ4n) is 4.21. The van der Waals surface area contributed by atoms with Crippen LogP contribution in [0.15, 0.2) is 39.7 Å². The number of anilines is 2. The highest BCUT2D eigenvalue weighted by atomic mass is 79.9. The zero-order valence-corrected chi connectivity index (χ0v) is 17.0. The molecule has 5 rings (SSSR count). The lowest BCUT2D eigenvalue weighted by Gasteiger charge is -2.21. The molecule has 0 radical (unpaired) electrons. The van der Waals surface area contributed by atoms with E-state index < -0.39 is 0 Å². The summed E-state index contributed by atoms with van der Waals surface area (Å²) in [5.41, 5.74) is 2.67. The van der Waals surface area contributed by atoms with Crippen LogP contribution in [0.5, 0.6) is 11.5 Å². The van der Waals surface area contributed by atoms with Crippen molar-refractivity contribution in [2.24, 2.45) is 0 Å². The normalized spacial score (nSPS) is 19.1. The van der Waals surface area contributed by atoms with Crippen LogP contribution in [-0.2, 0) is 10.2 Å². The van der Waals surface area contributed by atoms with Gasteiger partial charge in [-0.15, -0.1) is 0 Å². The van der Waals surface area contributed by atoms with Crippen molar-refractivity contribution in [3.8, 4) is 11.5 Å². The van der Waals surface area contributed by atoms with Crippen LogP contribution in [0.1, 0.15) is 31.2 Å². The van der Waals surface area contributed by atoms with Crippen molar-refractivity contribution in [3.63, 3.8) is 0 Å². The van der Waals surface area contributed by atoms with E-state index in [0.29, 0.717) is 13.2 Å². The van der Waals surface area contributed by atoms with Gasteiger partial charge in [-0.1, -0.05) is 12.8 Å². The third kappa shape index (κ3) is 2.88. The number of ether oxygens (including phenoxy) is 2. The molecule has 0 unspecified atom stereocenters. The molecule has 0 bridgehead atoms. The molecule has 1 amide bonds. The molecule has 3 aliphatic rings. The molecule has 140 valence electrons. The lowest BCUT2D eigenvalue weighted by atomic mass is 9.80. The van der Waals surface area contributed by atoms with Gasteiger partial charge in [0.2, 0.25) is 5.91 Å². The number of nitrogens with one attached hydrogen (secondary N) is 2. The summed E-state index contributed by atoms with van der Waals surface area (Å²) >= 11 is 5.15. The third-order valence-corrected chi connectivity index (χ3v) is 6.99. The first kappa shape index (κ1) is 17.3. The van der Waals surface area contributed by atoms with Gasteiger partial charge in [-0.05, 0) is 76.6 Å². The van der Waals surface area contributed by atoms with Crippen molar-refractivity contribution in [1.29, 1.82) is 0 Å². The fraction of sp³-hybridized carbons (Fsp3) is 0.350. The summed E-state index contributed by atoms with van der Waals surface area (Å²) in [6, 6.07) is 10.1. The van der Waals surface area contributed by atoms with Gasteiger partial charge in [-0.2, -0.15) is 0 Å². The quantitative estimate of drug-likeness (QED) is 0.641. The van der Waals surface area contributed by atoms with E-state index in [1.54, 1.807) is 0 Å². The highest BCUT2D eigenvalue weighted by molar-refractivity contribution is 9.10. The average Bonchev–Trinajstić information content (AvgIpc) is 3.28. The van der Waals surface area contributed by atoms with Gasteiger partial charge < -0.3 is 19.5 Å². The van der Waals surface area contributed by atoms with Gasteiger partial charge >= 0.3 is 0 Å². The number of amides is 1. The number of halogens is 1. The van der Waals surface area contributed by atoms with E-state index in [1.807, 2.05) is 24.3 Å². The van der Waals surface area contributed by atoms with Crippen molar-refractivity contribution in [2.75, 3.05) is 23.3 Å². The molecule has 5 nitrogen and oxygen atoms in total. The molecule has 1 spiro atoms. The van der Waals surface area contributed by atoms with Gasteiger partial charge in [0.05, 0.1) is 11.1 Å². The summed E-state index contributed by atoms with van der Waals surface area (Å²) in [6.45, 7) is 1.17. The molecule has 7 heteroatoms. The molecule has 2 aliphatic heterocycles. The summed E-state index contributed by atoms with van der Waals surface area (Å²) < 4.78 is 15.6. The van der Waals surface area contributed by atoms with Crippen LogP contribution in [0.2, 0.25) is 0 Å². The van der Waals surface area contributed by atoms with E-state index >= 15 is 0 Å². The van der Waals surface area contributed by atoms with Crippen molar-refractivity contribution in [1.82, 2.24) is 0 Å². The molecule has 0 aromatic heterocycles. The molecule has 27 heavy (non-hydrogen) atoms. The number of hydrogen-bond donors (Lipinski definition) is 2. The summed E-state index contributed by atoms with van der Waals surface area (Å²) in [7, 11) is 0. The Balaban J connectivity index is 1.40. The second-order valence-electron chi connectivity index (χ2n) is 7.13. The molecule has 2 N–H and O–H groups in total. The lowest BCUT2D eigenvalue weighted by molar-refractivity contribution is -0.120. The minimum atomic E-state index is -0.350. The Morgan fingerprint density at radius 1 is 1.07 bits per heavy atom. The number of hydrogen-bond acceptors (Lipinski definition) is 5. The maximum Gasteiger partial charge on any atom is 0.235 e. The standard InChI is InChI=1S/C20H19BrN2O3S/c21-15-10-12(9-14-18(15)22-19(24)20(14)5-1-2-6-20)23-27-13-3-4-16-17(11-13)26-8-7-25-16/h3-4,9-11,23H,1-2,5-8H2,(H,22,24). The average molecular weight is 447 g/mol. The maximum absolute atomic E-state index is 12.7. The monoisotopic (exact) mass is 446 g/mol. The molecular weight excluding hydrogens is 428 g/mol. The van der Waals surface area contributed by atoms with E-state index in [9.17, 15) is 4.79 Å². The van der Waals surface area contributed by atoms with E-state index in [1.165, 1.54) is 11.9 Å². The molecule has 0 saturated heterocycles. The highest BCUT2D eigenvalue weighted by Gasteiger charge is 2.49. The summed E-state index contributed by atoms with van der Waals surface area (Å²) in [5.74, 6) is 1.72. The van der Waals surface area contributed by atoms with Gasteiger partial charge in [-0.25, -0.2) is 0 Å². The SMILES string of the molecule is O=C1Nc2c(Br)cc(NSc3ccc4c(c3)OCCO4)cc2C12CCCC2. The fourth-order valence-corrected chi connectivity index (χ4v) is 5.42. The first-order valence-electron chi connectivity index (χ1n) is 9.14. The molecule has 2 heterocycles. The van der Waals surface area contributed by atoms with E-state index in [4.69, 9.17) is 9.47 Å². The highest BCUT2D eigenvalue weighted by Crippen LogP contribution is 2.52. The number of carbonyl (C=O) groups is 1. The van der Waals surface area contributed by atoms with Crippen molar-refractivity contribution < 1.29 is 14.3 Å². The lowest BCUT2D eigenvalue weighted by Crippen LogP contribution is -2.30. The number of fused-ring (bicyclic) bond motifs is 3. The molecule has 2 aromatic carbocycles. The van der Waals surface area contributed by atoms with Crippen molar-refractivity contribution in [3.05, 3.63) is 40.4 Å². The Labute approximate surface area is 170 Å². The number of benzene rings is 2. The van der Waals surface area contributed by atoms with Crippen LogP contribution in [0, 0.1) is 0 Å². The topological polar surface area (TPSA) is 59.6 Å². The van der Waals surface area contributed by atoms with Gasteiger partial charge in [0, 0.05) is 15.1 Å². The van der Waals surface area contributed by atoms with Gasteiger partial charge in [-0.3, -0.25) is 4.79 Å².